The first-order valence-corrected chi connectivity index (χ1v) is 6.80. The fourth-order valence-corrected chi connectivity index (χ4v) is 2.19. The number of aromatic amines is 1. The summed E-state index contributed by atoms with van der Waals surface area (Å²) in [7, 11) is 0. The third-order valence-corrected chi connectivity index (χ3v) is 3.16. The zero-order chi connectivity index (χ0) is 16.1. The third kappa shape index (κ3) is 3.15. The number of nitrogens with one attached hydrogen (secondary N) is 2. The van der Waals surface area contributed by atoms with Gasteiger partial charge in [0, 0.05) is 12.1 Å². The summed E-state index contributed by atoms with van der Waals surface area (Å²) in [6.07, 6.45) is 2.96. The van der Waals surface area contributed by atoms with E-state index >= 15 is 0 Å². The summed E-state index contributed by atoms with van der Waals surface area (Å²) in [6, 6.07) is 5.22. The van der Waals surface area contributed by atoms with Gasteiger partial charge in [0.1, 0.15) is 11.8 Å². The Balaban J connectivity index is 1.85. The summed E-state index contributed by atoms with van der Waals surface area (Å²) >= 11 is 0. The number of anilines is 1. The molecule has 0 aliphatic heterocycles. The van der Waals surface area contributed by atoms with Crippen molar-refractivity contribution in [3.63, 3.8) is 0 Å². The number of rotatable bonds is 7. The highest BCUT2D eigenvalue weighted by molar-refractivity contribution is 5.81. The molecule has 0 fully saturated rings. The highest BCUT2D eigenvalue weighted by Gasteiger charge is 2.12. The summed E-state index contributed by atoms with van der Waals surface area (Å²) in [4.78, 5) is 15.3. The molecule has 4 N–H and O–H groups in total. The summed E-state index contributed by atoms with van der Waals surface area (Å²) in [5.41, 5.74) is 1.99. The molecule has 0 saturated carbocycles. The Morgan fingerprint density at radius 3 is 2.78 bits per heavy atom. The molecule has 0 spiro atoms. The van der Waals surface area contributed by atoms with Crippen molar-refractivity contribution in [3.05, 3.63) is 36.4 Å². The highest BCUT2D eigenvalue weighted by Crippen LogP contribution is 2.32. The van der Waals surface area contributed by atoms with E-state index < -0.39 is 13.6 Å². The smallest absolute Gasteiger partial charge is 0.186 e. The fourth-order valence-electron chi connectivity index (χ4n) is 2.19. The van der Waals surface area contributed by atoms with Gasteiger partial charge in [-0.05, 0) is 6.07 Å². The molecule has 0 aliphatic rings. The van der Waals surface area contributed by atoms with Gasteiger partial charge < -0.3 is 30.0 Å². The van der Waals surface area contributed by atoms with Crippen LogP contribution in [0.2, 0.25) is 0 Å². The number of ether oxygens (including phenoxy) is 2. The average Bonchev–Trinajstić information content (AvgIpc) is 3.05. The predicted molar refractivity (Wildman–Crippen MR) is 80.9 cm³/mol. The van der Waals surface area contributed by atoms with Crippen molar-refractivity contribution in [1.29, 1.82) is 0 Å². The van der Waals surface area contributed by atoms with E-state index in [0.717, 1.165) is 5.56 Å². The highest BCUT2D eigenvalue weighted by atomic mass is 16.6. The summed E-state index contributed by atoms with van der Waals surface area (Å²) < 4.78 is 10.3. The lowest BCUT2D eigenvalue weighted by Gasteiger charge is -2.15. The first kappa shape index (κ1) is 15.0. The van der Waals surface area contributed by atoms with Crippen LogP contribution in [-0.4, -0.2) is 43.7 Å². The largest absolute Gasteiger partial charge is 0.464 e. The van der Waals surface area contributed by atoms with Gasteiger partial charge >= 0.3 is 0 Å². The van der Waals surface area contributed by atoms with Crippen LogP contribution in [0.1, 0.15) is 5.56 Å². The van der Waals surface area contributed by atoms with Crippen molar-refractivity contribution in [2.24, 2.45) is 0 Å². The van der Waals surface area contributed by atoms with Crippen molar-refractivity contribution in [3.8, 4) is 11.5 Å². The van der Waals surface area contributed by atoms with Crippen LogP contribution >= 0.6 is 0 Å². The maximum absolute atomic E-state index is 9.04. The SMILES string of the molecule is OCOc1cccc(CNc2ncnc3nc[nH]c23)c1OCO. The molecular formula is C14H15N5O4. The number of hydrogen-bond acceptors (Lipinski definition) is 8. The summed E-state index contributed by atoms with van der Waals surface area (Å²) in [6.45, 7) is -0.625. The number of benzene rings is 1. The number of H-pyrrole nitrogens is 1. The summed E-state index contributed by atoms with van der Waals surface area (Å²) in [5.74, 6) is 1.29. The molecule has 0 aliphatic carbocycles. The van der Waals surface area contributed by atoms with Gasteiger partial charge in [-0.1, -0.05) is 12.1 Å². The Bertz CT molecular complexity index is 792. The molecule has 3 aromatic rings. The zero-order valence-electron chi connectivity index (χ0n) is 12.1. The number of fused-ring (bicyclic) bond motifs is 1. The molecular weight excluding hydrogens is 302 g/mol. The van der Waals surface area contributed by atoms with E-state index in [0.29, 0.717) is 35.0 Å². The fraction of sp³-hybridized carbons (Fsp3) is 0.214. The zero-order valence-corrected chi connectivity index (χ0v) is 12.1. The van der Waals surface area contributed by atoms with E-state index in [1.54, 1.807) is 18.5 Å². The minimum absolute atomic E-state index is 0.343. The van der Waals surface area contributed by atoms with Crippen LogP contribution in [0.3, 0.4) is 0 Å². The van der Waals surface area contributed by atoms with E-state index in [1.165, 1.54) is 6.33 Å². The molecule has 0 saturated heterocycles. The normalized spacial score (nSPS) is 10.7. The Morgan fingerprint density at radius 2 is 1.96 bits per heavy atom. The number of para-hydroxylation sites is 1. The van der Waals surface area contributed by atoms with Crippen LogP contribution in [0.5, 0.6) is 11.5 Å². The lowest BCUT2D eigenvalue weighted by Crippen LogP contribution is -2.08. The van der Waals surface area contributed by atoms with Crippen molar-refractivity contribution in [2.45, 2.75) is 6.54 Å². The van der Waals surface area contributed by atoms with Gasteiger partial charge in [0.25, 0.3) is 0 Å². The molecule has 0 atom stereocenters. The predicted octanol–water partition coefficient (Wildman–Crippen LogP) is 0.622. The van der Waals surface area contributed by atoms with Crippen LogP contribution in [0.15, 0.2) is 30.9 Å². The minimum Gasteiger partial charge on any atom is -0.464 e. The number of hydrogen-bond donors (Lipinski definition) is 4. The van der Waals surface area contributed by atoms with Gasteiger partial charge in [-0.15, -0.1) is 0 Å². The van der Waals surface area contributed by atoms with Gasteiger partial charge in [0.2, 0.25) is 0 Å². The Labute approximate surface area is 130 Å². The molecule has 0 radical (unpaired) electrons. The lowest BCUT2D eigenvalue weighted by molar-refractivity contribution is 0.0737. The molecule has 2 heterocycles. The van der Waals surface area contributed by atoms with Crippen molar-refractivity contribution in [1.82, 2.24) is 19.9 Å². The van der Waals surface area contributed by atoms with Crippen LogP contribution in [-0.2, 0) is 6.54 Å². The van der Waals surface area contributed by atoms with E-state index in [1.807, 2.05) is 6.07 Å². The molecule has 1 aromatic carbocycles. The lowest BCUT2D eigenvalue weighted by atomic mass is 10.2. The Morgan fingerprint density at radius 1 is 1.09 bits per heavy atom. The number of aromatic nitrogens is 4. The number of aliphatic hydroxyl groups excluding tert-OH is 2. The van der Waals surface area contributed by atoms with E-state index in [4.69, 9.17) is 19.7 Å². The van der Waals surface area contributed by atoms with Crippen LogP contribution in [0, 0.1) is 0 Å². The second-order valence-electron chi connectivity index (χ2n) is 4.47. The molecule has 2 aromatic heterocycles. The quantitative estimate of drug-likeness (QED) is 0.467. The van der Waals surface area contributed by atoms with Crippen LogP contribution in [0.25, 0.3) is 11.2 Å². The van der Waals surface area contributed by atoms with Gasteiger partial charge in [-0.3, -0.25) is 0 Å². The first-order chi connectivity index (χ1) is 11.3. The molecule has 0 amide bonds. The Hall–Kier alpha value is -2.91. The second-order valence-corrected chi connectivity index (χ2v) is 4.47. The average molecular weight is 317 g/mol. The number of nitrogens with zero attached hydrogens (tertiary/aromatic N) is 3. The minimum atomic E-state index is -0.503. The van der Waals surface area contributed by atoms with Crippen molar-refractivity contribution < 1.29 is 19.7 Å². The maximum atomic E-state index is 9.04. The van der Waals surface area contributed by atoms with Gasteiger partial charge in [-0.2, -0.15) is 0 Å². The standard InChI is InChI=1S/C14H15N5O4/c20-7-22-10-3-1-2-9(12(10)23-8-21)4-15-13-11-14(17-5-16-11)19-6-18-13/h1-3,5-6,20-21H,4,7-8H2,(H2,15,16,17,18,19). The number of imidazole rings is 1. The summed E-state index contributed by atoms with van der Waals surface area (Å²) in [5, 5.41) is 21.1. The molecule has 120 valence electrons. The first-order valence-electron chi connectivity index (χ1n) is 6.80. The van der Waals surface area contributed by atoms with E-state index in [-0.39, 0.29) is 0 Å². The second kappa shape index (κ2) is 6.90. The topological polar surface area (TPSA) is 125 Å². The molecule has 9 heteroatoms. The van der Waals surface area contributed by atoms with Crippen LogP contribution in [0.4, 0.5) is 5.82 Å². The molecule has 3 rings (SSSR count). The van der Waals surface area contributed by atoms with Crippen molar-refractivity contribution in [2.75, 3.05) is 18.9 Å². The van der Waals surface area contributed by atoms with E-state index in [2.05, 4.69) is 25.3 Å². The van der Waals surface area contributed by atoms with Gasteiger partial charge in [0.15, 0.2) is 36.5 Å². The van der Waals surface area contributed by atoms with Gasteiger partial charge in [-0.25, -0.2) is 15.0 Å². The Kier molecular flexibility index (Phi) is 4.50. The van der Waals surface area contributed by atoms with Crippen LogP contribution < -0.4 is 14.8 Å². The molecule has 23 heavy (non-hydrogen) atoms. The van der Waals surface area contributed by atoms with E-state index in [9.17, 15) is 0 Å². The molecule has 0 unspecified atom stereocenters. The molecule has 9 nitrogen and oxygen atoms in total. The third-order valence-electron chi connectivity index (χ3n) is 3.16. The van der Waals surface area contributed by atoms with Gasteiger partial charge in [0.05, 0.1) is 6.33 Å². The molecule has 0 bridgehead atoms. The monoisotopic (exact) mass is 317 g/mol. The van der Waals surface area contributed by atoms with Crippen molar-refractivity contribution >= 4 is 17.0 Å². The number of aliphatic hydroxyl groups is 2. The maximum Gasteiger partial charge on any atom is 0.186 e.